The molecule has 134 valence electrons. The summed E-state index contributed by atoms with van der Waals surface area (Å²) in [7, 11) is 0. The first-order valence-electron chi connectivity index (χ1n) is 8.40. The van der Waals surface area contributed by atoms with Crippen LogP contribution in [-0.4, -0.2) is 42.8 Å². The fourth-order valence-corrected chi connectivity index (χ4v) is 3.70. The quantitative estimate of drug-likeness (QED) is 0.683. The number of hydrogen-bond acceptors (Lipinski definition) is 7. The summed E-state index contributed by atoms with van der Waals surface area (Å²) in [6.45, 7) is 0.284. The number of nitrogens with one attached hydrogen (secondary N) is 1. The van der Waals surface area contributed by atoms with Crippen molar-refractivity contribution in [1.82, 2.24) is 30.5 Å². The Kier molecular flexibility index (Phi) is 4.48. The van der Waals surface area contributed by atoms with Crippen molar-refractivity contribution in [2.45, 2.75) is 31.3 Å². The van der Waals surface area contributed by atoms with Gasteiger partial charge in [-0.2, -0.15) is 0 Å². The zero-order chi connectivity index (χ0) is 18.0. The predicted molar refractivity (Wildman–Crippen MR) is 95.4 cm³/mol. The van der Waals surface area contributed by atoms with Gasteiger partial charge < -0.3 is 10.4 Å². The van der Waals surface area contributed by atoms with E-state index in [9.17, 15) is 9.90 Å². The van der Waals surface area contributed by atoms with Crippen molar-refractivity contribution >= 4 is 17.2 Å². The summed E-state index contributed by atoms with van der Waals surface area (Å²) in [6.07, 6.45) is 4.34. The van der Waals surface area contributed by atoms with Gasteiger partial charge in [-0.15, -0.1) is 15.3 Å². The highest BCUT2D eigenvalue weighted by molar-refractivity contribution is 7.14. The van der Waals surface area contributed by atoms with Crippen LogP contribution in [0.1, 0.15) is 34.8 Å². The summed E-state index contributed by atoms with van der Waals surface area (Å²) in [5, 5.41) is 30.1. The van der Waals surface area contributed by atoms with Crippen LogP contribution in [0.5, 0.6) is 0 Å². The minimum atomic E-state index is -0.394. The molecule has 1 fully saturated rings. The first kappa shape index (κ1) is 16.8. The Morgan fingerprint density at radius 2 is 2.04 bits per heavy atom. The van der Waals surface area contributed by atoms with E-state index in [1.807, 2.05) is 30.3 Å². The second kappa shape index (κ2) is 6.93. The van der Waals surface area contributed by atoms with E-state index >= 15 is 0 Å². The van der Waals surface area contributed by atoms with Crippen molar-refractivity contribution in [2.75, 3.05) is 6.61 Å². The molecular weight excluding hydrogens is 352 g/mol. The second-order valence-electron chi connectivity index (χ2n) is 6.33. The Balaban J connectivity index is 1.39. The summed E-state index contributed by atoms with van der Waals surface area (Å²) in [4.78, 5) is 12.3. The van der Waals surface area contributed by atoms with E-state index in [0.29, 0.717) is 0 Å². The minimum absolute atomic E-state index is 0.00443. The van der Waals surface area contributed by atoms with Crippen molar-refractivity contribution in [1.29, 1.82) is 0 Å². The number of nitrogens with zero attached hydrogens (tertiary/aromatic N) is 5. The Hall–Kier alpha value is -2.65. The smallest absolute Gasteiger partial charge is 0.273 e. The zero-order valence-electron chi connectivity index (χ0n) is 14.0. The maximum atomic E-state index is 12.3. The topological polar surface area (TPSA) is 106 Å². The van der Waals surface area contributed by atoms with Gasteiger partial charge in [-0.1, -0.05) is 46.9 Å². The SMILES string of the molecule is O=C(NCc1nnc(-c2ccccc2)s1)c1cn(C2(CO)CCC2)nn1. The van der Waals surface area contributed by atoms with Crippen molar-refractivity contribution in [3.8, 4) is 10.6 Å². The monoisotopic (exact) mass is 370 g/mol. The fraction of sp³-hybridized carbons (Fsp3) is 0.353. The third-order valence-electron chi connectivity index (χ3n) is 4.68. The highest BCUT2D eigenvalue weighted by atomic mass is 32.1. The van der Waals surface area contributed by atoms with Crippen molar-refractivity contribution in [3.63, 3.8) is 0 Å². The summed E-state index contributed by atoms with van der Waals surface area (Å²) in [6, 6.07) is 9.78. The Morgan fingerprint density at radius 3 is 2.73 bits per heavy atom. The van der Waals surface area contributed by atoms with Crippen LogP contribution in [0.15, 0.2) is 36.5 Å². The van der Waals surface area contributed by atoms with Crippen LogP contribution in [-0.2, 0) is 12.1 Å². The van der Waals surface area contributed by atoms with Crippen LogP contribution < -0.4 is 5.32 Å². The third-order valence-corrected chi connectivity index (χ3v) is 5.65. The van der Waals surface area contributed by atoms with Gasteiger partial charge in [0.2, 0.25) is 0 Å². The van der Waals surface area contributed by atoms with E-state index in [1.54, 1.807) is 10.9 Å². The first-order chi connectivity index (χ1) is 12.7. The van der Waals surface area contributed by atoms with Gasteiger partial charge in [-0.25, -0.2) is 4.68 Å². The second-order valence-corrected chi connectivity index (χ2v) is 7.40. The molecule has 1 aliphatic rings. The molecule has 1 aromatic carbocycles. The molecule has 1 saturated carbocycles. The maximum Gasteiger partial charge on any atom is 0.273 e. The summed E-state index contributed by atoms with van der Waals surface area (Å²) >= 11 is 1.44. The van der Waals surface area contributed by atoms with Gasteiger partial charge >= 0.3 is 0 Å². The third kappa shape index (κ3) is 3.11. The number of amides is 1. The lowest BCUT2D eigenvalue weighted by atomic mass is 9.77. The molecule has 3 aromatic rings. The van der Waals surface area contributed by atoms with E-state index in [2.05, 4.69) is 25.8 Å². The average molecular weight is 370 g/mol. The number of rotatable bonds is 6. The van der Waals surface area contributed by atoms with Crippen LogP contribution in [0.4, 0.5) is 0 Å². The predicted octanol–water partition coefficient (Wildman–Crippen LogP) is 1.60. The van der Waals surface area contributed by atoms with Crippen LogP contribution in [0, 0.1) is 0 Å². The average Bonchev–Trinajstić information content (AvgIpc) is 3.30. The summed E-state index contributed by atoms with van der Waals surface area (Å²) < 4.78 is 1.61. The summed E-state index contributed by atoms with van der Waals surface area (Å²) in [5.74, 6) is -0.319. The molecule has 0 bridgehead atoms. The van der Waals surface area contributed by atoms with Crippen molar-refractivity contribution in [3.05, 3.63) is 47.2 Å². The number of carbonyl (C=O) groups is 1. The van der Waals surface area contributed by atoms with Gasteiger partial charge in [-0.05, 0) is 19.3 Å². The number of aromatic nitrogens is 5. The highest BCUT2D eigenvalue weighted by Gasteiger charge is 2.39. The van der Waals surface area contributed by atoms with Gasteiger partial charge in [0.1, 0.15) is 10.0 Å². The molecule has 8 nitrogen and oxygen atoms in total. The van der Waals surface area contributed by atoms with E-state index in [0.717, 1.165) is 34.8 Å². The standard InChI is InChI=1S/C17H18N6O2S/c24-11-17(7-4-8-17)23-10-13(19-22-23)15(25)18-9-14-20-21-16(26-14)12-5-2-1-3-6-12/h1-3,5-6,10,24H,4,7-9,11H2,(H,18,25). The van der Waals surface area contributed by atoms with Crippen LogP contribution in [0.25, 0.3) is 10.6 Å². The zero-order valence-corrected chi connectivity index (χ0v) is 14.8. The number of benzene rings is 1. The lowest BCUT2D eigenvalue weighted by molar-refractivity contribution is 0.0421. The molecule has 4 rings (SSSR count). The molecule has 0 spiro atoms. The minimum Gasteiger partial charge on any atom is -0.394 e. The van der Waals surface area contributed by atoms with Crippen LogP contribution >= 0.6 is 11.3 Å². The molecule has 26 heavy (non-hydrogen) atoms. The summed E-state index contributed by atoms with van der Waals surface area (Å²) in [5.41, 5.74) is 0.841. The van der Waals surface area contributed by atoms with Gasteiger partial charge in [-0.3, -0.25) is 4.79 Å². The number of aliphatic hydroxyl groups excluding tert-OH is 1. The fourth-order valence-electron chi connectivity index (χ4n) is 2.91. The van der Waals surface area contributed by atoms with Gasteiger partial charge in [0, 0.05) is 5.56 Å². The van der Waals surface area contributed by atoms with Gasteiger partial charge in [0.15, 0.2) is 5.69 Å². The molecule has 0 radical (unpaired) electrons. The molecular formula is C17H18N6O2S. The van der Waals surface area contributed by atoms with E-state index in [-0.39, 0.29) is 24.8 Å². The largest absolute Gasteiger partial charge is 0.394 e. The van der Waals surface area contributed by atoms with Crippen LogP contribution in [0.3, 0.4) is 0 Å². The molecule has 1 amide bonds. The number of aliphatic hydroxyl groups is 1. The molecule has 2 aromatic heterocycles. The number of hydrogen-bond donors (Lipinski definition) is 2. The molecule has 0 unspecified atom stereocenters. The van der Waals surface area contributed by atoms with E-state index < -0.39 is 5.54 Å². The van der Waals surface area contributed by atoms with Crippen molar-refractivity contribution < 1.29 is 9.90 Å². The molecule has 0 aliphatic heterocycles. The van der Waals surface area contributed by atoms with Crippen LogP contribution in [0.2, 0.25) is 0 Å². The van der Waals surface area contributed by atoms with E-state index in [1.165, 1.54) is 11.3 Å². The van der Waals surface area contributed by atoms with Gasteiger partial charge in [0.25, 0.3) is 5.91 Å². The molecule has 1 aliphatic carbocycles. The lowest BCUT2D eigenvalue weighted by Crippen LogP contribution is -2.44. The highest BCUT2D eigenvalue weighted by Crippen LogP contribution is 2.37. The molecule has 0 saturated heterocycles. The Bertz CT molecular complexity index is 897. The first-order valence-corrected chi connectivity index (χ1v) is 9.21. The molecule has 2 N–H and O–H groups in total. The normalized spacial score (nSPS) is 15.4. The number of carbonyl (C=O) groups excluding carboxylic acids is 1. The Labute approximate surface area is 153 Å². The van der Waals surface area contributed by atoms with Crippen molar-refractivity contribution in [2.24, 2.45) is 0 Å². The maximum absolute atomic E-state index is 12.3. The molecule has 2 heterocycles. The molecule has 9 heteroatoms. The van der Waals surface area contributed by atoms with Gasteiger partial charge in [0.05, 0.1) is 24.9 Å². The molecule has 0 atom stereocenters. The van der Waals surface area contributed by atoms with E-state index in [4.69, 9.17) is 0 Å². The Morgan fingerprint density at radius 1 is 1.23 bits per heavy atom. The lowest BCUT2D eigenvalue weighted by Gasteiger charge is -2.39.